The van der Waals surface area contributed by atoms with Crippen molar-refractivity contribution in [3.05, 3.63) is 22.7 Å². The highest BCUT2D eigenvalue weighted by atomic mass is 79.9. The normalized spacial score (nSPS) is 10.3. The predicted molar refractivity (Wildman–Crippen MR) is 68.3 cm³/mol. The molecule has 0 atom stereocenters. The summed E-state index contributed by atoms with van der Waals surface area (Å²) in [5.41, 5.74) is 7.76. The molecule has 0 aromatic heterocycles. The number of methoxy groups -OCH3 is 1. The number of hydrogen-bond donors (Lipinski definition) is 1. The van der Waals surface area contributed by atoms with Crippen molar-refractivity contribution in [2.45, 2.75) is 6.42 Å². The molecule has 1 aromatic rings. The van der Waals surface area contributed by atoms with E-state index < -0.39 is 0 Å². The molecule has 0 heterocycles. The summed E-state index contributed by atoms with van der Waals surface area (Å²) in [7, 11) is 3.75. The molecule has 15 heavy (non-hydrogen) atoms. The Hall–Kier alpha value is -0.740. The van der Waals surface area contributed by atoms with Crippen LogP contribution >= 0.6 is 15.9 Å². The van der Waals surface area contributed by atoms with E-state index in [0.717, 1.165) is 35.4 Å². The van der Waals surface area contributed by atoms with Gasteiger partial charge in [0.25, 0.3) is 0 Å². The van der Waals surface area contributed by atoms with Crippen molar-refractivity contribution in [1.29, 1.82) is 0 Å². The van der Waals surface area contributed by atoms with Gasteiger partial charge in [0.05, 0.1) is 11.4 Å². The number of hydrogen-bond acceptors (Lipinski definition) is 3. The number of nitrogens with zero attached hydrogens (tertiary/aromatic N) is 1. The smallest absolute Gasteiger partial charge is 0.0608 e. The molecule has 0 bridgehead atoms. The molecule has 3 nitrogen and oxygen atoms in total. The van der Waals surface area contributed by atoms with Crippen molar-refractivity contribution >= 4 is 27.3 Å². The van der Waals surface area contributed by atoms with Gasteiger partial charge in [0, 0.05) is 31.8 Å². The second-order valence-corrected chi connectivity index (χ2v) is 4.39. The molecule has 0 radical (unpaired) electrons. The van der Waals surface area contributed by atoms with Crippen molar-refractivity contribution in [3.63, 3.8) is 0 Å². The zero-order chi connectivity index (χ0) is 11.3. The number of rotatable bonds is 5. The molecule has 0 amide bonds. The molecule has 1 rings (SSSR count). The van der Waals surface area contributed by atoms with E-state index in [-0.39, 0.29) is 0 Å². The Balaban J connectivity index is 2.64. The first kappa shape index (κ1) is 12.3. The predicted octanol–water partition coefficient (Wildman–Crippen LogP) is 2.50. The standard InChI is InChI=1S/C11H17BrN2O/c1-14(6-3-7-15-2)11-8-9(12)4-5-10(11)13/h4-5,8H,3,6-7,13H2,1-2H3. The zero-order valence-corrected chi connectivity index (χ0v) is 10.8. The number of ether oxygens (including phenoxy) is 1. The molecule has 0 saturated heterocycles. The number of nitrogens with two attached hydrogens (primary N) is 1. The van der Waals surface area contributed by atoms with E-state index in [2.05, 4.69) is 20.8 Å². The summed E-state index contributed by atoms with van der Waals surface area (Å²) in [6, 6.07) is 5.89. The Kier molecular flexibility index (Phi) is 4.91. The van der Waals surface area contributed by atoms with E-state index in [0.29, 0.717) is 0 Å². The molecule has 1 aromatic carbocycles. The molecule has 0 aliphatic rings. The van der Waals surface area contributed by atoms with Gasteiger partial charge in [-0.2, -0.15) is 0 Å². The lowest BCUT2D eigenvalue weighted by molar-refractivity contribution is 0.196. The van der Waals surface area contributed by atoms with Crippen LogP contribution in [0, 0.1) is 0 Å². The van der Waals surface area contributed by atoms with Crippen molar-refractivity contribution in [3.8, 4) is 0 Å². The first-order valence-electron chi connectivity index (χ1n) is 4.90. The minimum atomic E-state index is 0.776. The molecule has 84 valence electrons. The molecule has 0 unspecified atom stereocenters. The number of nitrogen functional groups attached to an aromatic ring is 1. The maximum Gasteiger partial charge on any atom is 0.0608 e. The van der Waals surface area contributed by atoms with Crippen LogP contribution in [-0.2, 0) is 4.74 Å². The highest BCUT2D eigenvalue weighted by Crippen LogP contribution is 2.26. The van der Waals surface area contributed by atoms with Gasteiger partial charge in [-0.05, 0) is 24.6 Å². The lowest BCUT2D eigenvalue weighted by atomic mass is 10.2. The van der Waals surface area contributed by atoms with E-state index in [1.54, 1.807) is 7.11 Å². The van der Waals surface area contributed by atoms with Crippen molar-refractivity contribution in [1.82, 2.24) is 0 Å². The average Bonchev–Trinajstić information content (AvgIpc) is 2.22. The van der Waals surface area contributed by atoms with Crippen LogP contribution in [0.25, 0.3) is 0 Å². The number of benzene rings is 1. The maximum absolute atomic E-state index is 5.90. The Morgan fingerprint density at radius 1 is 1.47 bits per heavy atom. The van der Waals surface area contributed by atoms with Crippen LogP contribution in [0.15, 0.2) is 22.7 Å². The van der Waals surface area contributed by atoms with Gasteiger partial charge in [0.2, 0.25) is 0 Å². The fourth-order valence-electron chi connectivity index (χ4n) is 1.41. The molecule has 2 N–H and O–H groups in total. The maximum atomic E-state index is 5.90. The molecule has 0 saturated carbocycles. The first-order valence-corrected chi connectivity index (χ1v) is 5.69. The van der Waals surface area contributed by atoms with Gasteiger partial charge < -0.3 is 15.4 Å². The van der Waals surface area contributed by atoms with E-state index >= 15 is 0 Å². The van der Waals surface area contributed by atoms with Gasteiger partial charge >= 0.3 is 0 Å². The highest BCUT2D eigenvalue weighted by Gasteiger charge is 2.05. The largest absolute Gasteiger partial charge is 0.397 e. The van der Waals surface area contributed by atoms with Crippen molar-refractivity contribution in [2.24, 2.45) is 0 Å². The lowest BCUT2D eigenvalue weighted by Gasteiger charge is -2.21. The van der Waals surface area contributed by atoms with Crippen LogP contribution in [-0.4, -0.2) is 27.3 Å². The van der Waals surface area contributed by atoms with Crippen LogP contribution in [0.2, 0.25) is 0 Å². The highest BCUT2D eigenvalue weighted by molar-refractivity contribution is 9.10. The molecule has 0 aliphatic heterocycles. The van der Waals surface area contributed by atoms with Gasteiger partial charge in [-0.3, -0.25) is 0 Å². The van der Waals surface area contributed by atoms with Gasteiger partial charge in [0.1, 0.15) is 0 Å². The monoisotopic (exact) mass is 272 g/mol. The minimum absolute atomic E-state index is 0.776. The summed E-state index contributed by atoms with van der Waals surface area (Å²) in [6.07, 6.45) is 0.999. The second-order valence-electron chi connectivity index (χ2n) is 3.47. The summed E-state index contributed by atoms with van der Waals surface area (Å²) in [4.78, 5) is 2.14. The molecule has 0 fully saturated rings. The Morgan fingerprint density at radius 3 is 2.87 bits per heavy atom. The summed E-state index contributed by atoms with van der Waals surface area (Å²) in [6.45, 7) is 1.72. The fraction of sp³-hybridized carbons (Fsp3) is 0.455. The summed E-state index contributed by atoms with van der Waals surface area (Å²) < 4.78 is 6.06. The third kappa shape index (κ3) is 3.72. The van der Waals surface area contributed by atoms with E-state index in [1.807, 2.05) is 25.2 Å². The molecular weight excluding hydrogens is 256 g/mol. The Labute approximate surface area is 99.3 Å². The molecule has 0 aliphatic carbocycles. The summed E-state index contributed by atoms with van der Waals surface area (Å²) in [5, 5.41) is 0. The topological polar surface area (TPSA) is 38.5 Å². The summed E-state index contributed by atoms with van der Waals surface area (Å²) in [5.74, 6) is 0. The number of halogens is 1. The lowest BCUT2D eigenvalue weighted by Crippen LogP contribution is -2.20. The van der Waals surface area contributed by atoms with E-state index in [1.165, 1.54) is 0 Å². The van der Waals surface area contributed by atoms with Crippen LogP contribution in [0.4, 0.5) is 11.4 Å². The van der Waals surface area contributed by atoms with Crippen LogP contribution in [0.1, 0.15) is 6.42 Å². The van der Waals surface area contributed by atoms with Crippen LogP contribution < -0.4 is 10.6 Å². The molecule has 4 heteroatoms. The van der Waals surface area contributed by atoms with E-state index in [4.69, 9.17) is 10.5 Å². The fourth-order valence-corrected chi connectivity index (χ4v) is 1.76. The van der Waals surface area contributed by atoms with Crippen molar-refractivity contribution < 1.29 is 4.74 Å². The zero-order valence-electron chi connectivity index (χ0n) is 9.16. The van der Waals surface area contributed by atoms with Gasteiger partial charge in [0.15, 0.2) is 0 Å². The molecule has 0 spiro atoms. The van der Waals surface area contributed by atoms with E-state index in [9.17, 15) is 0 Å². The Bertz CT molecular complexity index is 317. The minimum Gasteiger partial charge on any atom is -0.397 e. The quantitative estimate of drug-likeness (QED) is 0.661. The average molecular weight is 273 g/mol. The van der Waals surface area contributed by atoms with Gasteiger partial charge in [-0.25, -0.2) is 0 Å². The van der Waals surface area contributed by atoms with Gasteiger partial charge in [-0.1, -0.05) is 15.9 Å². The van der Waals surface area contributed by atoms with Crippen LogP contribution in [0.3, 0.4) is 0 Å². The summed E-state index contributed by atoms with van der Waals surface area (Å²) >= 11 is 3.44. The Morgan fingerprint density at radius 2 is 2.20 bits per heavy atom. The third-order valence-corrected chi connectivity index (χ3v) is 2.74. The first-order chi connectivity index (χ1) is 7.15. The number of anilines is 2. The SMILES string of the molecule is COCCCN(C)c1cc(Br)ccc1N. The van der Waals surface area contributed by atoms with Crippen LogP contribution in [0.5, 0.6) is 0 Å². The second kappa shape index (κ2) is 5.98. The van der Waals surface area contributed by atoms with Crippen molar-refractivity contribution in [2.75, 3.05) is 37.9 Å². The third-order valence-electron chi connectivity index (χ3n) is 2.25. The van der Waals surface area contributed by atoms with Gasteiger partial charge in [-0.15, -0.1) is 0 Å². The molecular formula is C11H17BrN2O.